The Morgan fingerprint density at radius 3 is 2.68 bits per heavy atom. The first-order valence-electron chi connectivity index (χ1n) is 8.69. The maximum atomic E-state index is 12.3. The number of aliphatic hydroxyl groups excluding tert-OH is 1. The van der Waals surface area contributed by atoms with Gasteiger partial charge in [0.1, 0.15) is 0 Å². The molecular formula is C18H27ClN2O4. The largest absolute Gasteiger partial charge is 0.493 e. The van der Waals surface area contributed by atoms with Crippen LogP contribution in [0.3, 0.4) is 0 Å². The van der Waals surface area contributed by atoms with Crippen molar-refractivity contribution in [3.63, 3.8) is 0 Å². The molecule has 1 aliphatic carbocycles. The lowest BCUT2D eigenvalue weighted by Gasteiger charge is -2.17. The van der Waals surface area contributed by atoms with Crippen LogP contribution in [0.2, 0.25) is 0 Å². The van der Waals surface area contributed by atoms with Gasteiger partial charge in [-0.3, -0.25) is 4.79 Å². The Morgan fingerprint density at radius 1 is 1.28 bits per heavy atom. The van der Waals surface area contributed by atoms with Crippen LogP contribution in [-0.2, 0) is 0 Å². The third-order valence-electron chi connectivity index (χ3n) is 4.85. The first-order chi connectivity index (χ1) is 11.7. The van der Waals surface area contributed by atoms with Crippen LogP contribution in [0, 0.1) is 5.92 Å². The number of rotatable bonds is 6. The van der Waals surface area contributed by atoms with Crippen LogP contribution in [0.4, 0.5) is 0 Å². The number of carbonyl (C=O) groups excluding carboxylic acids is 1. The summed E-state index contributed by atoms with van der Waals surface area (Å²) in [6, 6.07) is 5.27. The predicted molar refractivity (Wildman–Crippen MR) is 97.8 cm³/mol. The number of halogens is 1. The lowest BCUT2D eigenvalue weighted by molar-refractivity contribution is 0.0926. The third-order valence-corrected chi connectivity index (χ3v) is 4.85. The van der Waals surface area contributed by atoms with Gasteiger partial charge in [-0.05, 0) is 43.9 Å². The van der Waals surface area contributed by atoms with Gasteiger partial charge in [-0.2, -0.15) is 0 Å². The van der Waals surface area contributed by atoms with E-state index in [-0.39, 0.29) is 30.3 Å². The van der Waals surface area contributed by atoms with Crippen molar-refractivity contribution in [1.29, 1.82) is 0 Å². The molecule has 0 aromatic heterocycles. The predicted octanol–water partition coefficient (Wildman–Crippen LogP) is 1.75. The second-order valence-corrected chi connectivity index (χ2v) is 6.59. The number of nitrogens with one attached hydrogen (secondary N) is 2. The van der Waals surface area contributed by atoms with E-state index in [2.05, 4.69) is 10.6 Å². The van der Waals surface area contributed by atoms with E-state index in [1.165, 1.54) is 12.8 Å². The highest BCUT2D eigenvalue weighted by Crippen LogP contribution is 2.32. The number of amides is 1. The SMILES string of the molecule is COc1cc(C(=O)NCC2CNCC2O)ccc1OC1CCCC1.Cl. The van der Waals surface area contributed by atoms with E-state index in [1.54, 1.807) is 25.3 Å². The van der Waals surface area contributed by atoms with Crippen molar-refractivity contribution in [2.24, 2.45) is 5.92 Å². The smallest absolute Gasteiger partial charge is 0.251 e. The third kappa shape index (κ3) is 5.00. The summed E-state index contributed by atoms with van der Waals surface area (Å²) < 4.78 is 11.4. The maximum absolute atomic E-state index is 12.3. The quantitative estimate of drug-likeness (QED) is 0.711. The van der Waals surface area contributed by atoms with Crippen LogP contribution >= 0.6 is 12.4 Å². The molecule has 6 nitrogen and oxygen atoms in total. The van der Waals surface area contributed by atoms with E-state index < -0.39 is 6.10 Å². The van der Waals surface area contributed by atoms with Gasteiger partial charge in [-0.25, -0.2) is 0 Å². The highest BCUT2D eigenvalue weighted by atomic mass is 35.5. The van der Waals surface area contributed by atoms with Gasteiger partial charge in [0, 0.05) is 31.1 Å². The summed E-state index contributed by atoms with van der Waals surface area (Å²) in [7, 11) is 1.58. The average Bonchev–Trinajstić information content (AvgIpc) is 3.24. The monoisotopic (exact) mass is 370 g/mol. The Bertz CT molecular complexity index is 578. The lowest BCUT2D eigenvalue weighted by Crippen LogP contribution is -2.34. The summed E-state index contributed by atoms with van der Waals surface area (Å²) in [6.45, 7) is 1.76. The number of β-amino-alcohol motifs (C(OH)–C–C–N with tert-alkyl or cyclic N) is 1. The van der Waals surface area contributed by atoms with Gasteiger partial charge in [0.15, 0.2) is 11.5 Å². The molecular weight excluding hydrogens is 344 g/mol. The molecule has 1 amide bonds. The normalized spacial score (nSPS) is 23.1. The van der Waals surface area contributed by atoms with Gasteiger partial charge in [0.2, 0.25) is 0 Å². The molecule has 0 radical (unpaired) electrons. The number of hydrogen-bond donors (Lipinski definition) is 3. The first kappa shape index (κ1) is 19.8. The molecule has 1 aliphatic heterocycles. The standard InChI is InChI=1S/C18H26N2O4.ClH/c1-23-17-8-12(6-7-16(17)24-14-4-2-3-5-14)18(22)20-10-13-9-19-11-15(13)21;/h6-8,13-15,19,21H,2-5,9-11H2,1H3,(H,20,22);1H. The Kier molecular flexibility index (Phi) is 7.35. The molecule has 7 heteroatoms. The van der Waals surface area contributed by atoms with Gasteiger partial charge >= 0.3 is 0 Å². The minimum absolute atomic E-state index is 0. The van der Waals surface area contributed by atoms with Gasteiger partial charge in [-0.15, -0.1) is 12.4 Å². The van der Waals surface area contributed by atoms with E-state index in [1.807, 2.05) is 0 Å². The molecule has 3 rings (SSSR count). The zero-order chi connectivity index (χ0) is 16.9. The van der Waals surface area contributed by atoms with Crippen molar-refractivity contribution in [2.45, 2.75) is 37.9 Å². The fourth-order valence-electron chi connectivity index (χ4n) is 3.35. The zero-order valence-corrected chi connectivity index (χ0v) is 15.3. The summed E-state index contributed by atoms with van der Waals surface area (Å²) in [4.78, 5) is 12.3. The van der Waals surface area contributed by atoms with Gasteiger partial charge < -0.3 is 25.2 Å². The molecule has 25 heavy (non-hydrogen) atoms. The fourth-order valence-corrected chi connectivity index (χ4v) is 3.35. The average molecular weight is 371 g/mol. The molecule has 1 saturated carbocycles. The highest BCUT2D eigenvalue weighted by Gasteiger charge is 2.25. The number of carbonyl (C=O) groups is 1. The second-order valence-electron chi connectivity index (χ2n) is 6.59. The van der Waals surface area contributed by atoms with Crippen LogP contribution < -0.4 is 20.1 Å². The second kappa shape index (κ2) is 9.27. The number of hydrogen-bond acceptors (Lipinski definition) is 5. The molecule has 2 fully saturated rings. The Hall–Kier alpha value is -1.50. The summed E-state index contributed by atoms with van der Waals surface area (Å²) in [6.07, 6.45) is 4.40. The van der Waals surface area contributed by atoms with E-state index in [9.17, 15) is 9.90 Å². The maximum Gasteiger partial charge on any atom is 0.251 e. The van der Waals surface area contributed by atoms with Crippen molar-refractivity contribution in [2.75, 3.05) is 26.7 Å². The minimum atomic E-state index is -0.401. The minimum Gasteiger partial charge on any atom is -0.493 e. The topological polar surface area (TPSA) is 79.8 Å². The molecule has 2 aliphatic rings. The van der Waals surface area contributed by atoms with E-state index >= 15 is 0 Å². The molecule has 2 atom stereocenters. The van der Waals surface area contributed by atoms with Crippen molar-refractivity contribution in [1.82, 2.24) is 10.6 Å². The van der Waals surface area contributed by atoms with Gasteiger partial charge in [-0.1, -0.05) is 0 Å². The molecule has 1 aromatic rings. The fraction of sp³-hybridized carbons (Fsp3) is 0.611. The van der Waals surface area contributed by atoms with Crippen molar-refractivity contribution in [3.8, 4) is 11.5 Å². The number of methoxy groups -OCH3 is 1. The van der Waals surface area contributed by atoms with E-state index in [0.29, 0.717) is 30.2 Å². The summed E-state index contributed by atoms with van der Waals surface area (Å²) in [5, 5.41) is 15.8. The number of ether oxygens (including phenoxy) is 2. The molecule has 1 saturated heterocycles. The molecule has 140 valence electrons. The van der Waals surface area contributed by atoms with E-state index in [4.69, 9.17) is 9.47 Å². The lowest BCUT2D eigenvalue weighted by atomic mass is 10.1. The molecule has 2 unspecified atom stereocenters. The Balaban J connectivity index is 0.00000225. The van der Waals surface area contributed by atoms with Crippen LogP contribution in [-0.4, -0.2) is 50.0 Å². The van der Waals surface area contributed by atoms with Crippen molar-refractivity contribution >= 4 is 18.3 Å². The highest BCUT2D eigenvalue weighted by molar-refractivity contribution is 5.94. The summed E-state index contributed by atoms with van der Waals surface area (Å²) in [5.74, 6) is 1.16. The van der Waals surface area contributed by atoms with Crippen LogP contribution in [0.25, 0.3) is 0 Å². The zero-order valence-electron chi connectivity index (χ0n) is 14.5. The van der Waals surface area contributed by atoms with Crippen molar-refractivity contribution < 1.29 is 19.4 Å². The number of benzene rings is 1. The van der Waals surface area contributed by atoms with Gasteiger partial charge in [0.05, 0.1) is 19.3 Å². The van der Waals surface area contributed by atoms with Crippen LogP contribution in [0.5, 0.6) is 11.5 Å². The number of aliphatic hydroxyl groups is 1. The Morgan fingerprint density at radius 2 is 2.04 bits per heavy atom. The molecule has 0 bridgehead atoms. The van der Waals surface area contributed by atoms with Crippen LogP contribution in [0.15, 0.2) is 18.2 Å². The summed E-state index contributed by atoms with van der Waals surface area (Å²) in [5.41, 5.74) is 0.533. The van der Waals surface area contributed by atoms with Crippen LogP contribution in [0.1, 0.15) is 36.0 Å². The van der Waals surface area contributed by atoms with Crippen molar-refractivity contribution in [3.05, 3.63) is 23.8 Å². The van der Waals surface area contributed by atoms with E-state index in [0.717, 1.165) is 19.4 Å². The molecule has 1 heterocycles. The molecule has 0 spiro atoms. The summed E-state index contributed by atoms with van der Waals surface area (Å²) >= 11 is 0. The Labute approximate surface area is 154 Å². The van der Waals surface area contributed by atoms with Gasteiger partial charge in [0.25, 0.3) is 5.91 Å². The molecule has 3 N–H and O–H groups in total. The molecule has 1 aromatic carbocycles. The first-order valence-corrected chi connectivity index (χ1v) is 8.69.